The Morgan fingerprint density at radius 3 is 2.94 bits per heavy atom. The minimum atomic E-state index is -0.223. The highest BCUT2D eigenvalue weighted by Crippen LogP contribution is 2.05. The molecule has 1 amide bonds. The summed E-state index contributed by atoms with van der Waals surface area (Å²) in [6.07, 6.45) is 1.44. The predicted octanol–water partition coefficient (Wildman–Crippen LogP) is 1.88. The Labute approximate surface area is 107 Å². The van der Waals surface area contributed by atoms with Gasteiger partial charge in [-0.15, -0.1) is 0 Å². The van der Waals surface area contributed by atoms with Crippen molar-refractivity contribution in [3.8, 4) is 0 Å². The first-order valence-electron chi connectivity index (χ1n) is 4.77. The van der Waals surface area contributed by atoms with Crippen molar-refractivity contribution in [2.45, 2.75) is 0 Å². The molecule has 1 N–H and O–H groups in total. The third kappa shape index (κ3) is 4.92. The van der Waals surface area contributed by atoms with E-state index < -0.39 is 0 Å². The van der Waals surface area contributed by atoms with Crippen LogP contribution >= 0.6 is 27.5 Å². The van der Waals surface area contributed by atoms with E-state index in [0.717, 1.165) is 5.33 Å². The van der Waals surface area contributed by atoms with E-state index in [1.54, 1.807) is 12.1 Å². The predicted molar refractivity (Wildman–Crippen MR) is 66.2 cm³/mol. The monoisotopic (exact) mass is 306 g/mol. The van der Waals surface area contributed by atoms with Crippen molar-refractivity contribution in [3.63, 3.8) is 0 Å². The highest BCUT2D eigenvalue weighted by Gasteiger charge is 2.05. The van der Waals surface area contributed by atoms with Crippen LogP contribution in [0.15, 0.2) is 18.3 Å². The molecule has 16 heavy (non-hydrogen) atoms. The summed E-state index contributed by atoms with van der Waals surface area (Å²) in [6.45, 7) is 1.59. The van der Waals surface area contributed by atoms with E-state index in [0.29, 0.717) is 30.5 Å². The van der Waals surface area contributed by atoms with Gasteiger partial charge in [-0.1, -0.05) is 27.5 Å². The topological polar surface area (TPSA) is 51.2 Å². The lowest BCUT2D eigenvalue weighted by Crippen LogP contribution is -2.28. The quantitative estimate of drug-likeness (QED) is 0.645. The third-order valence-corrected chi connectivity index (χ3v) is 2.26. The zero-order valence-corrected chi connectivity index (χ0v) is 10.9. The molecule has 0 saturated heterocycles. The first kappa shape index (κ1) is 13.4. The Bertz CT molecular complexity index is 332. The summed E-state index contributed by atoms with van der Waals surface area (Å²) in [7, 11) is 0. The van der Waals surface area contributed by atoms with Crippen LogP contribution in [0.2, 0.25) is 5.02 Å². The van der Waals surface area contributed by atoms with Crippen LogP contribution in [-0.2, 0) is 4.74 Å². The number of nitrogens with zero attached hydrogens (tertiary/aromatic N) is 1. The van der Waals surface area contributed by atoms with Gasteiger partial charge in [0.05, 0.1) is 18.2 Å². The number of nitrogens with one attached hydrogen (secondary N) is 1. The number of hydrogen-bond donors (Lipinski definition) is 1. The fraction of sp³-hybridized carbons (Fsp3) is 0.400. The average Bonchev–Trinajstić information content (AvgIpc) is 2.29. The van der Waals surface area contributed by atoms with Crippen LogP contribution in [0.25, 0.3) is 0 Å². The van der Waals surface area contributed by atoms with Crippen molar-refractivity contribution in [2.75, 3.05) is 25.1 Å². The number of rotatable bonds is 6. The van der Waals surface area contributed by atoms with Gasteiger partial charge in [0, 0.05) is 18.1 Å². The highest BCUT2D eigenvalue weighted by atomic mass is 79.9. The average molecular weight is 308 g/mol. The van der Waals surface area contributed by atoms with Gasteiger partial charge in [0.2, 0.25) is 0 Å². The molecule has 0 aromatic carbocycles. The van der Waals surface area contributed by atoms with Gasteiger partial charge in [-0.05, 0) is 12.1 Å². The Balaban J connectivity index is 2.27. The molecule has 0 unspecified atom stereocenters. The first-order chi connectivity index (χ1) is 7.74. The van der Waals surface area contributed by atoms with E-state index in [9.17, 15) is 4.79 Å². The summed E-state index contributed by atoms with van der Waals surface area (Å²) in [5.74, 6) is -0.223. The van der Waals surface area contributed by atoms with E-state index in [1.165, 1.54) is 6.20 Å². The molecule has 0 aliphatic heterocycles. The molecule has 0 bridgehead atoms. The number of halogens is 2. The van der Waals surface area contributed by atoms with Crippen LogP contribution in [0.4, 0.5) is 0 Å². The zero-order valence-electron chi connectivity index (χ0n) is 8.58. The highest BCUT2D eigenvalue weighted by molar-refractivity contribution is 9.09. The van der Waals surface area contributed by atoms with E-state index in [4.69, 9.17) is 16.3 Å². The van der Waals surface area contributed by atoms with Crippen molar-refractivity contribution < 1.29 is 9.53 Å². The zero-order chi connectivity index (χ0) is 11.8. The number of hydrogen-bond acceptors (Lipinski definition) is 3. The smallest absolute Gasteiger partial charge is 0.269 e. The summed E-state index contributed by atoms with van der Waals surface area (Å²) in [6, 6.07) is 3.21. The van der Waals surface area contributed by atoms with Crippen LogP contribution in [0.5, 0.6) is 0 Å². The molecular weight excluding hydrogens is 295 g/mol. The van der Waals surface area contributed by atoms with Gasteiger partial charge in [0.25, 0.3) is 5.91 Å². The lowest BCUT2D eigenvalue weighted by atomic mass is 10.3. The minimum Gasteiger partial charge on any atom is -0.379 e. The molecule has 0 atom stereocenters. The first-order valence-corrected chi connectivity index (χ1v) is 6.27. The van der Waals surface area contributed by atoms with E-state index >= 15 is 0 Å². The Kier molecular flexibility index (Phi) is 6.37. The molecule has 0 saturated carbocycles. The number of alkyl halides is 1. The SMILES string of the molecule is O=C(NCCOCCBr)c1ccc(Cl)cn1. The largest absolute Gasteiger partial charge is 0.379 e. The van der Waals surface area contributed by atoms with Crippen molar-refractivity contribution in [1.82, 2.24) is 10.3 Å². The van der Waals surface area contributed by atoms with Gasteiger partial charge < -0.3 is 10.1 Å². The second-order valence-corrected chi connectivity index (χ2v) is 4.15. The second kappa shape index (κ2) is 7.60. The summed E-state index contributed by atoms with van der Waals surface area (Å²) < 4.78 is 5.19. The Hall–Kier alpha value is -0.650. The molecular formula is C10H12BrClN2O2. The third-order valence-electron chi connectivity index (χ3n) is 1.71. The van der Waals surface area contributed by atoms with Crippen molar-refractivity contribution in [1.29, 1.82) is 0 Å². The molecule has 1 heterocycles. The molecule has 0 spiro atoms. The van der Waals surface area contributed by atoms with Crippen LogP contribution in [0, 0.1) is 0 Å². The van der Waals surface area contributed by atoms with Gasteiger partial charge in [0.15, 0.2) is 0 Å². The number of ether oxygens (including phenoxy) is 1. The van der Waals surface area contributed by atoms with E-state index in [2.05, 4.69) is 26.2 Å². The van der Waals surface area contributed by atoms with E-state index in [1.807, 2.05) is 0 Å². The number of amides is 1. The summed E-state index contributed by atoms with van der Waals surface area (Å²) in [5.41, 5.74) is 0.352. The molecule has 0 aliphatic rings. The van der Waals surface area contributed by atoms with Gasteiger partial charge in [0.1, 0.15) is 5.69 Å². The van der Waals surface area contributed by atoms with Crippen molar-refractivity contribution in [3.05, 3.63) is 29.0 Å². The minimum absolute atomic E-state index is 0.223. The molecule has 0 radical (unpaired) electrons. The van der Waals surface area contributed by atoms with Crippen LogP contribution in [-0.4, -0.2) is 36.0 Å². The van der Waals surface area contributed by atoms with Crippen LogP contribution in [0.3, 0.4) is 0 Å². The van der Waals surface area contributed by atoms with Gasteiger partial charge in [-0.3, -0.25) is 4.79 Å². The molecule has 6 heteroatoms. The lowest BCUT2D eigenvalue weighted by Gasteiger charge is -2.04. The summed E-state index contributed by atoms with van der Waals surface area (Å²) in [4.78, 5) is 15.4. The fourth-order valence-electron chi connectivity index (χ4n) is 0.994. The number of aromatic nitrogens is 1. The molecule has 88 valence electrons. The lowest BCUT2D eigenvalue weighted by molar-refractivity contribution is 0.0919. The molecule has 1 aromatic heterocycles. The molecule has 1 rings (SSSR count). The fourth-order valence-corrected chi connectivity index (χ4v) is 1.33. The maximum Gasteiger partial charge on any atom is 0.269 e. The molecule has 0 aliphatic carbocycles. The van der Waals surface area contributed by atoms with Crippen LogP contribution in [0.1, 0.15) is 10.5 Å². The number of pyridine rings is 1. The second-order valence-electron chi connectivity index (χ2n) is 2.92. The van der Waals surface area contributed by atoms with Gasteiger partial charge >= 0.3 is 0 Å². The normalized spacial score (nSPS) is 10.1. The molecule has 1 aromatic rings. The standard InChI is InChI=1S/C10H12BrClN2O2/c11-3-5-16-6-4-13-10(15)9-2-1-8(12)7-14-9/h1-2,7H,3-6H2,(H,13,15). The summed E-state index contributed by atoms with van der Waals surface area (Å²) >= 11 is 8.90. The Morgan fingerprint density at radius 2 is 2.31 bits per heavy atom. The summed E-state index contributed by atoms with van der Waals surface area (Å²) in [5, 5.41) is 4.00. The van der Waals surface area contributed by atoms with Gasteiger partial charge in [-0.25, -0.2) is 4.98 Å². The molecule has 4 nitrogen and oxygen atoms in total. The van der Waals surface area contributed by atoms with Crippen molar-refractivity contribution >= 4 is 33.4 Å². The van der Waals surface area contributed by atoms with E-state index in [-0.39, 0.29) is 5.91 Å². The number of carbonyl (C=O) groups excluding carboxylic acids is 1. The maximum absolute atomic E-state index is 11.5. The van der Waals surface area contributed by atoms with Crippen molar-refractivity contribution in [2.24, 2.45) is 0 Å². The molecule has 0 fully saturated rings. The maximum atomic E-state index is 11.5. The van der Waals surface area contributed by atoms with Gasteiger partial charge in [-0.2, -0.15) is 0 Å². The Morgan fingerprint density at radius 1 is 1.50 bits per heavy atom. The number of carbonyl (C=O) groups is 1. The van der Waals surface area contributed by atoms with Crippen LogP contribution < -0.4 is 5.32 Å².